The lowest BCUT2D eigenvalue weighted by atomic mass is 10.2. The molecule has 1 aromatic heterocycles. The Morgan fingerprint density at radius 2 is 2.21 bits per heavy atom. The highest BCUT2D eigenvalue weighted by Gasteiger charge is 2.20. The molecule has 0 saturated carbocycles. The molecule has 0 amide bonds. The van der Waals surface area contributed by atoms with Gasteiger partial charge in [0.2, 0.25) is 5.95 Å². The standard InChI is InChI=1S/C9H13FN4/c1-14(8-2-3-11-6-8)9-12-4-7(10)5-13-9/h4-5,8,11H,2-3,6H2,1H3. The van der Waals surface area contributed by atoms with Crippen molar-refractivity contribution in [3.63, 3.8) is 0 Å². The van der Waals surface area contributed by atoms with Gasteiger partial charge in [-0.3, -0.25) is 0 Å². The summed E-state index contributed by atoms with van der Waals surface area (Å²) in [5.74, 6) is 0.187. The molecule has 1 aliphatic rings. The van der Waals surface area contributed by atoms with Gasteiger partial charge in [0.05, 0.1) is 12.4 Å². The quantitative estimate of drug-likeness (QED) is 0.744. The van der Waals surface area contributed by atoms with Crippen LogP contribution in [0.2, 0.25) is 0 Å². The van der Waals surface area contributed by atoms with Crippen molar-refractivity contribution < 1.29 is 4.39 Å². The number of rotatable bonds is 2. The summed E-state index contributed by atoms with van der Waals surface area (Å²) >= 11 is 0. The Morgan fingerprint density at radius 3 is 2.79 bits per heavy atom. The minimum Gasteiger partial charge on any atom is -0.340 e. The number of anilines is 1. The number of nitrogens with zero attached hydrogens (tertiary/aromatic N) is 3. The van der Waals surface area contributed by atoms with Crippen LogP contribution in [0.3, 0.4) is 0 Å². The smallest absolute Gasteiger partial charge is 0.225 e. The van der Waals surface area contributed by atoms with E-state index in [2.05, 4.69) is 15.3 Å². The van der Waals surface area contributed by atoms with Gasteiger partial charge < -0.3 is 10.2 Å². The summed E-state index contributed by atoms with van der Waals surface area (Å²) in [6, 6.07) is 0.417. The van der Waals surface area contributed by atoms with Crippen molar-refractivity contribution >= 4 is 5.95 Å². The number of hydrogen-bond acceptors (Lipinski definition) is 4. The Balaban J connectivity index is 2.09. The minimum atomic E-state index is -0.397. The molecule has 76 valence electrons. The molecule has 1 atom stereocenters. The summed E-state index contributed by atoms with van der Waals surface area (Å²) in [6.45, 7) is 1.97. The molecule has 0 aliphatic carbocycles. The molecule has 2 heterocycles. The normalized spacial score (nSPS) is 21.1. The van der Waals surface area contributed by atoms with Crippen LogP contribution in [0, 0.1) is 5.82 Å². The maximum absolute atomic E-state index is 12.6. The Bertz CT molecular complexity index is 294. The lowest BCUT2D eigenvalue weighted by molar-refractivity contribution is 0.606. The van der Waals surface area contributed by atoms with E-state index in [1.807, 2.05) is 11.9 Å². The number of hydrogen-bond donors (Lipinski definition) is 1. The fourth-order valence-electron chi connectivity index (χ4n) is 1.62. The lowest BCUT2D eigenvalue weighted by Gasteiger charge is -2.23. The van der Waals surface area contributed by atoms with Crippen LogP contribution < -0.4 is 10.2 Å². The molecule has 1 N–H and O–H groups in total. The van der Waals surface area contributed by atoms with Gasteiger partial charge in [0.25, 0.3) is 0 Å². The van der Waals surface area contributed by atoms with Crippen LogP contribution >= 0.6 is 0 Å². The topological polar surface area (TPSA) is 41.1 Å². The average Bonchev–Trinajstić information content (AvgIpc) is 2.71. The van der Waals surface area contributed by atoms with Gasteiger partial charge in [-0.05, 0) is 13.0 Å². The van der Waals surface area contributed by atoms with Gasteiger partial charge >= 0.3 is 0 Å². The largest absolute Gasteiger partial charge is 0.340 e. The van der Waals surface area contributed by atoms with Crippen LogP contribution in [0.4, 0.5) is 10.3 Å². The Morgan fingerprint density at radius 1 is 1.50 bits per heavy atom. The fourth-order valence-corrected chi connectivity index (χ4v) is 1.62. The molecule has 1 aromatic rings. The zero-order valence-corrected chi connectivity index (χ0v) is 8.07. The number of nitrogens with one attached hydrogen (secondary N) is 1. The molecule has 1 unspecified atom stereocenters. The van der Waals surface area contributed by atoms with Crippen LogP contribution in [0.1, 0.15) is 6.42 Å². The van der Waals surface area contributed by atoms with Crippen molar-refractivity contribution in [3.8, 4) is 0 Å². The molecule has 14 heavy (non-hydrogen) atoms. The van der Waals surface area contributed by atoms with Crippen LogP contribution in [-0.2, 0) is 0 Å². The summed E-state index contributed by atoms with van der Waals surface area (Å²) in [5.41, 5.74) is 0. The minimum absolute atomic E-state index is 0.397. The predicted octanol–water partition coefficient (Wildman–Crippen LogP) is 0.414. The second-order valence-electron chi connectivity index (χ2n) is 3.46. The molecule has 1 fully saturated rings. The van der Waals surface area contributed by atoms with E-state index in [9.17, 15) is 4.39 Å². The third kappa shape index (κ3) is 1.82. The predicted molar refractivity (Wildman–Crippen MR) is 51.7 cm³/mol. The summed E-state index contributed by atoms with van der Waals surface area (Å²) in [7, 11) is 1.94. The summed E-state index contributed by atoms with van der Waals surface area (Å²) in [4.78, 5) is 9.86. The first kappa shape index (κ1) is 9.33. The van der Waals surface area contributed by atoms with Crippen molar-refractivity contribution in [1.29, 1.82) is 0 Å². The van der Waals surface area contributed by atoms with Gasteiger partial charge in [-0.1, -0.05) is 0 Å². The van der Waals surface area contributed by atoms with Gasteiger partial charge in [-0.25, -0.2) is 14.4 Å². The molecule has 0 radical (unpaired) electrons. The Kier molecular flexibility index (Phi) is 2.58. The zero-order valence-electron chi connectivity index (χ0n) is 8.07. The maximum atomic E-state index is 12.6. The second kappa shape index (κ2) is 3.88. The molecule has 2 rings (SSSR count). The van der Waals surface area contributed by atoms with E-state index >= 15 is 0 Å². The van der Waals surface area contributed by atoms with Gasteiger partial charge in [0.1, 0.15) is 0 Å². The molecule has 1 saturated heterocycles. The van der Waals surface area contributed by atoms with Crippen molar-refractivity contribution in [2.45, 2.75) is 12.5 Å². The molecular formula is C9H13FN4. The third-order valence-corrected chi connectivity index (χ3v) is 2.50. The lowest BCUT2D eigenvalue weighted by Crippen LogP contribution is -2.34. The van der Waals surface area contributed by atoms with E-state index in [1.165, 1.54) is 12.4 Å². The monoisotopic (exact) mass is 196 g/mol. The van der Waals surface area contributed by atoms with Gasteiger partial charge in [0.15, 0.2) is 5.82 Å². The van der Waals surface area contributed by atoms with Crippen molar-refractivity contribution in [1.82, 2.24) is 15.3 Å². The first-order chi connectivity index (χ1) is 6.77. The summed E-state index contributed by atoms with van der Waals surface area (Å²) < 4.78 is 12.6. The van der Waals surface area contributed by atoms with Crippen LogP contribution in [0.5, 0.6) is 0 Å². The van der Waals surface area contributed by atoms with Crippen molar-refractivity contribution in [2.24, 2.45) is 0 Å². The molecule has 1 aliphatic heterocycles. The van der Waals surface area contributed by atoms with Crippen molar-refractivity contribution in [3.05, 3.63) is 18.2 Å². The van der Waals surface area contributed by atoms with Gasteiger partial charge in [0, 0.05) is 19.6 Å². The van der Waals surface area contributed by atoms with Crippen LogP contribution in [-0.4, -0.2) is 36.1 Å². The van der Waals surface area contributed by atoms with Gasteiger partial charge in [-0.15, -0.1) is 0 Å². The zero-order chi connectivity index (χ0) is 9.97. The number of halogens is 1. The van der Waals surface area contributed by atoms with E-state index in [0.29, 0.717) is 12.0 Å². The number of likely N-dealkylation sites (N-methyl/N-ethyl adjacent to an activating group) is 1. The molecular weight excluding hydrogens is 183 g/mol. The van der Waals surface area contributed by atoms with E-state index in [1.54, 1.807) is 0 Å². The van der Waals surface area contributed by atoms with E-state index in [-0.39, 0.29) is 0 Å². The maximum Gasteiger partial charge on any atom is 0.225 e. The highest BCUT2D eigenvalue weighted by atomic mass is 19.1. The number of aromatic nitrogens is 2. The SMILES string of the molecule is CN(c1ncc(F)cn1)C1CCNC1. The van der Waals surface area contributed by atoms with Crippen molar-refractivity contribution in [2.75, 3.05) is 25.0 Å². The Labute approximate surface area is 82.2 Å². The summed E-state index contributed by atoms with van der Waals surface area (Å²) in [5, 5.41) is 3.26. The molecule has 4 nitrogen and oxygen atoms in total. The van der Waals surface area contributed by atoms with E-state index in [4.69, 9.17) is 0 Å². The molecule has 0 bridgehead atoms. The van der Waals surface area contributed by atoms with Gasteiger partial charge in [-0.2, -0.15) is 0 Å². The fraction of sp³-hybridized carbons (Fsp3) is 0.556. The molecule has 0 spiro atoms. The third-order valence-electron chi connectivity index (χ3n) is 2.50. The molecule has 0 aromatic carbocycles. The van der Waals surface area contributed by atoms with Crippen LogP contribution in [0.25, 0.3) is 0 Å². The second-order valence-corrected chi connectivity index (χ2v) is 3.46. The first-order valence-electron chi connectivity index (χ1n) is 4.68. The average molecular weight is 196 g/mol. The Hall–Kier alpha value is -1.23. The van der Waals surface area contributed by atoms with E-state index in [0.717, 1.165) is 19.5 Å². The van der Waals surface area contributed by atoms with E-state index < -0.39 is 5.82 Å². The van der Waals surface area contributed by atoms with Crippen LogP contribution in [0.15, 0.2) is 12.4 Å². The molecule has 5 heteroatoms. The highest BCUT2D eigenvalue weighted by Crippen LogP contribution is 2.12. The summed E-state index contributed by atoms with van der Waals surface area (Å²) in [6.07, 6.45) is 3.47. The highest BCUT2D eigenvalue weighted by molar-refractivity contribution is 5.29. The first-order valence-corrected chi connectivity index (χ1v) is 4.68.